The van der Waals surface area contributed by atoms with Crippen molar-refractivity contribution in [2.24, 2.45) is 7.05 Å². The van der Waals surface area contributed by atoms with Gasteiger partial charge in [-0.3, -0.25) is 9.48 Å². The molecule has 140 valence electrons. The van der Waals surface area contributed by atoms with Crippen molar-refractivity contribution < 1.29 is 9.53 Å². The Morgan fingerprint density at radius 2 is 2.18 bits per heavy atom. The topological polar surface area (TPSA) is 94.0 Å². The molecule has 0 fully saturated rings. The Morgan fingerprint density at radius 3 is 2.96 bits per heavy atom. The highest BCUT2D eigenvalue weighted by Gasteiger charge is 2.13. The van der Waals surface area contributed by atoms with Crippen LogP contribution in [0.25, 0.3) is 10.2 Å². The fourth-order valence-corrected chi connectivity index (χ4v) is 3.26. The van der Waals surface area contributed by atoms with Crippen molar-refractivity contribution in [2.45, 2.75) is 0 Å². The van der Waals surface area contributed by atoms with E-state index < -0.39 is 0 Å². The maximum absolute atomic E-state index is 11.5. The monoisotopic (exact) mass is 392 g/mol. The van der Waals surface area contributed by atoms with Crippen LogP contribution in [-0.2, 0) is 11.8 Å². The minimum absolute atomic E-state index is 0.290. The first-order valence-corrected chi connectivity index (χ1v) is 9.22. The van der Waals surface area contributed by atoms with Gasteiger partial charge in [-0.1, -0.05) is 12.6 Å². The number of anilines is 3. The molecule has 0 bridgehead atoms. The number of hydrogen-bond acceptors (Lipinski definition) is 7. The van der Waals surface area contributed by atoms with Gasteiger partial charge in [-0.2, -0.15) is 10.1 Å². The molecule has 0 aliphatic rings. The molecule has 0 saturated carbocycles. The molecule has 3 heterocycles. The Bertz CT molecular complexity index is 1170. The molecule has 0 radical (unpaired) electrons. The van der Waals surface area contributed by atoms with Crippen LogP contribution in [0.5, 0.6) is 11.6 Å². The standard InChI is InChI=1S/C19H16N6O2S/c1-3-16(26)20-12-5-4-6-13(11-12)27-18-17-14(8-10-28-17)21-19(23-18)22-15-7-9-25(2)24-15/h3-11H,1H2,2H3,(H,20,26)(H,21,22,23,24). The van der Waals surface area contributed by atoms with Crippen LogP contribution in [0.2, 0.25) is 0 Å². The molecular formula is C19H16N6O2S. The van der Waals surface area contributed by atoms with E-state index in [2.05, 4.69) is 32.3 Å². The fraction of sp³-hybridized carbons (Fsp3) is 0.0526. The normalized spacial score (nSPS) is 10.6. The predicted molar refractivity (Wildman–Crippen MR) is 109 cm³/mol. The van der Waals surface area contributed by atoms with Crippen molar-refractivity contribution >= 4 is 44.9 Å². The smallest absolute Gasteiger partial charge is 0.247 e. The molecule has 0 saturated heterocycles. The predicted octanol–water partition coefficient (Wildman–Crippen LogP) is 4.09. The number of fused-ring (bicyclic) bond motifs is 1. The molecule has 3 aromatic heterocycles. The number of carbonyl (C=O) groups excluding carboxylic acids is 1. The van der Waals surface area contributed by atoms with Crippen LogP contribution in [0.15, 0.2) is 60.6 Å². The van der Waals surface area contributed by atoms with E-state index in [0.29, 0.717) is 29.1 Å². The number of thiophene rings is 1. The van der Waals surface area contributed by atoms with Gasteiger partial charge in [-0.05, 0) is 29.7 Å². The van der Waals surface area contributed by atoms with E-state index in [1.807, 2.05) is 30.8 Å². The molecule has 0 spiro atoms. The number of carbonyl (C=O) groups is 1. The van der Waals surface area contributed by atoms with Crippen LogP contribution >= 0.6 is 11.3 Å². The number of nitrogens with zero attached hydrogens (tertiary/aromatic N) is 4. The number of ether oxygens (including phenoxy) is 1. The summed E-state index contributed by atoms with van der Waals surface area (Å²) in [6, 6.07) is 10.8. The molecule has 1 amide bonds. The Balaban J connectivity index is 1.64. The van der Waals surface area contributed by atoms with Gasteiger partial charge in [0, 0.05) is 31.1 Å². The summed E-state index contributed by atoms with van der Waals surface area (Å²) in [5, 5.41) is 12.0. The van der Waals surface area contributed by atoms with Crippen molar-refractivity contribution in [1.82, 2.24) is 19.7 Å². The van der Waals surface area contributed by atoms with Crippen LogP contribution < -0.4 is 15.4 Å². The highest BCUT2D eigenvalue weighted by molar-refractivity contribution is 7.17. The molecular weight excluding hydrogens is 376 g/mol. The summed E-state index contributed by atoms with van der Waals surface area (Å²) in [7, 11) is 1.83. The van der Waals surface area contributed by atoms with Gasteiger partial charge in [0.2, 0.25) is 17.7 Å². The summed E-state index contributed by atoms with van der Waals surface area (Å²) in [5.74, 6) is 1.69. The second kappa shape index (κ2) is 7.49. The zero-order valence-corrected chi connectivity index (χ0v) is 15.7. The summed E-state index contributed by atoms with van der Waals surface area (Å²) in [6.07, 6.45) is 3.04. The van der Waals surface area contributed by atoms with Crippen LogP contribution in [0, 0.1) is 0 Å². The minimum atomic E-state index is -0.290. The summed E-state index contributed by atoms with van der Waals surface area (Å²) in [5.41, 5.74) is 1.37. The highest BCUT2D eigenvalue weighted by atomic mass is 32.1. The number of benzene rings is 1. The van der Waals surface area contributed by atoms with Gasteiger partial charge in [0.05, 0.1) is 5.52 Å². The summed E-state index contributed by atoms with van der Waals surface area (Å²) in [6.45, 7) is 3.45. The lowest BCUT2D eigenvalue weighted by molar-refractivity contribution is -0.111. The van der Waals surface area contributed by atoms with Crippen LogP contribution in [0.1, 0.15) is 0 Å². The third kappa shape index (κ3) is 3.84. The number of aromatic nitrogens is 4. The van der Waals surface area contributed by atoms with E-state index in [-0.39, 0.29) is 5.91 Å². The van der Waals surface area contributed by atoms with Gasteiger partial charge >= 0.3 is 0 Å². The van der Waals surface area contributed by atoms with E-state index >= 15 is 0 Å². The molecule has 0 atom stereocenters. The maximum Gasteiger partial charge on any atom is 0.247 e. The average molecular weight is 392 g/mol. The van der Waals surface area contributed by atoms with Crippen molar-refractivity contribution in [2.75, 3.05) is 10.6 Å². The van der Waals surface area contributed by atoms with Gasteiger partial charge in [0.1, 0.15) is 10.4 Å². The zero-order valence-electron chi connectivity index (χ0n) is 14.9. The SMILES string of the molecule is C=CC(=O)Nc1cccc(Oc2nc(Nc3ccn(C)n3)nc3ccsc23)c1. The first-order valence-electron chi connectivity index (χ1n) is 8.34. The molecule has 28 heavy (non-hydrogen) atoms. The van der Waals surface area contributed by atoms with Gasteiger partial charge in [0.15, 0.2) is 5.82 Å². The van der Waals surface area contributed by atoms with Crippen molar-refractivity contribution in [3.8, 4) is 11.6 Å². The third-order valence-corrected chi connectivity index (χ3v) is 4.62. The molecule has 0 aliphatic heterocycles. The van der Waals surface area contributed by atoms with E-state index in [1.165, 1.54) is 17.4 Å². The summed E-state index contributed by atoms with van der Waals surface area (Å²) < 4.78 is 8.52. The number of amides is 1. The van der Waals surface area contributed by atoms with Crippen molar-refractivity contribution in [3.05, 3.63) is 60.6 Å². The van der Waals surface area contributed by atoms with Gasteiger partial charge in [-0.25, -0.2) is 4.98 Å². The van der Waals surface area contributed by atoms with Crippen LogP contribution in [0.3, 0.4) is 0 Å². The van der Waals surface area contributed by atoms with Gasteiger partial charge < -0.3 is 15.4 Å². The van der Waals surface area contributed by atoms with Crippen LogP contribution in [-0.4, -0.2) is 25.7 Å². The lowest BCUT2D eigenvalue weighted by Gasteiger charge is -2.09. The number of aryl methyl sites for hydroxylation is 1. The van der Waals surface area contributed by atoms with Crippen LogP contribution in [0.4, 0.5) is 17.5 Å². The Labute approximate surface area is 164 Å². The zero-order chi connectivity index (χ0) is 19.5. The molecule has 8 nitrogen and oxygen atoms in total. The van der Waals surface area contributed by atoms with E-state index in [9.17, 15) is 4.79 Å². The van der Waals surface area contributed by atoms with Gasteiger partial charge in [-0.15, -0.1) is 11.3 Å². The maximum atomic E-state index is 11.5. The average Bonchev–Trinajstić information content (AvgIpc) is 3.31. The fourth-order valence-electron chi connectivity index (χ4n) is 2.50. The third-order valence-electron chi connectivity index (χ3n) is 3.73. The second-order valence-corrected chi connectivity index (χ2v) is 6.73. The largest absolute Gasteiger partial charge is 0.437 e. The first-order chi connectivity index (χ1) is 13.6. The Hall–Kier alpha value is -3.72. The molecule has 4 rings (SSSR count). The summed E-state index contributed by atoms with van der Waals surface area (Å²) >= 11 is 1.49. The molecule has 9 heteroatoms. The molecule has 0 aliphatic carbocycles. The van der Waals surface area contributed by atoms with Gasteiger partial charge in [0.25, 0.3) is 0 Å². The number of hydrogen-bond donors (Lipinski definition) is 2. The van der Waals surface area contributed by atoms with Crippen molar-refractivity contribution in [1.29, 1.82) is 0 Å². The van der Waals surface area contributed by atoms with E-state index in [4.69, 9.17) is 4.74 Å². The highest BCUT2D eigenvalue weighted by Crippen LogP contribution is 2.33. The first kappa shape index (κ1) is 17.7. The Morgan fingerprint density at radius 1 is 1.29 bits per heavy atom. The van der Waals surface area contributed by atoms with Crippen molar-refractivity contribution in [3.63, 3.8) is 0 Å². The molecule has 1 aromatic carbocycles. The lowest BCUT2D eigenvalue weighted by atomic mass is 10.3. The van der Waals surface area contributed by atoms with E-state index in [0.717, 1.165) is 10.2 Å². The van der Waals surface area contributed by atoms with E-state index in [1.54, 1.807) is 28.9 Å². The molecule has 0 unspecified atom stereocenters. The minimum Gasteiger partial charge on any atom is -0.437 e. The Kier molecular flexibility index (Phi) is 4.73. The lowest BCUT2D eigenvalue weighted by Crippen LogP contribution is -2.07. The molecule has 2 N–H and O–H groups in total. The number of nitrogens with one attached hydrogen (secondary N) is 2. The quantitative estimate of drug-likeness (QED) is 0.480. The summed E-state index contributed by atoms with van der Waals surface area (Å²) in [4.78, 5) is 20.5. The number of rotatable bonds is 6. The second-order valence-electron chi connectivity index (χ2n) is 5.81. The molecule has 4 aromatic rings.